The molecule has 0 aliphatic carbocycles. The Labute approximate surface area is 123 Å². The van der Waals surface area contributed by atoms with E-state index in [2.05, 4.69) is 4.72 Å². The second-order valence-corrected chi connectivity index (χ2v) is 6.63. The van der Waals surface area contributed by atoms with Crippen molar-refractivity contribution < 1.29 is 13.2 Å². The number of hydrogen-bond donors (Lipinski definition) is 1. The number of aromatic nitrogens is 2. The lowest BCUT2D eigenvalue weighted by molar-refractivity contribution is 0.204. The van der Waals surface area contributed by atoms with Crippen LogP contribution < -0.4 is 10.4 Å². The molecule has 21 heavy (non-hydrogen) atoms. The number of fused-ring (bicyclic) bond motifs is 1. The lowest BCUT2D eigenvalue weighted by atomic mass is 10.2. The number of ether oxygens (including phenoxy) is 1. The minimum Gasteiger partial charge on any atom is -0.383 e. The Morgan fingerprint density at radius 3 is 2.33 bits per heavy atom. The van der Waals surface area contributed by atoms with Gasteiger partial charge in [-0.3, -0.25) is 9.13 Å². The van der Waals surface area contributed by atoms with E-state index in [0.717, 1.165) is 0 Å². The monoisotopic (exact) mass is 313 g/mol. The summed E-state index contributed by atoms with van der Waals surface area (Å²) in [6, 6.07) is 3.24. The first-order valence-corrected chi connectivity index (χ1v) is 7.92. The summed E-state index contributed by atoms with van der Waals surface area (Å²) >= 11 is 0. The number of imidazole rings is 1. The highest BCUT2D eigenvalue weighted by Gasteiger charge is 2.19. The molecule has 0 atom stereocenters. The average molecular weight is 313 g/mol. The predicted molar refractivity (Wildman–Crippen MR) is 80.0 cm³/mol. The molecule has 0 spiro atoms. The highest BCUT2D eigenvalue weighted by atomic mass is 32.2. The molecule has 0 saturated heterocycles. The molecule has 0 unspecified atom stereocenters. The summed E-state index contributed by atoms with van der Waals surface area (Å²) in [6.07, 6.45) is 0. The Balaban J connectivity index is 2.58. The first-order valence-electron chi connectivity index (χ1n) is 6.44. The minimum atomic E-state index is -3.63. The molecule has 7 nitrogen and oxygen atoms in total. The molecule has 0 aliphatic rings. The lowest BCUT2D eigenvalue weighted by Gasteiger charge is -2.10. The standard InChI is InChI=1S/C13H19N3O4S/c1-9-7-10-11(16(3)13(17)15(10)2)8-12(9)21(18,19)14-5-6-20-4/h7-8,14H,5-6H2,1-4H3. The number of aryl methyl sites for hydroxylation is 3. The van der Waals surface area contributed by atoms with Crippen molar-refractivity contribution in [2.45, 2.75) is 11.8 Å². The summed E-state index contributed by atoms with van der Waals surface area (Å²) in [5.41, 5.74) is 1.69. The summed E-state index contributed by atoms with van der Waals surface area (Å²) < 4.78 is 34.9. The second kappa shape index (κ2) is 5.63. The summed E-state index contributed by atoms with van der Waals surface area (Å²) in [5, 5.41) is 0. The van der Waals surface area contributed by atoms with E-state index in [-0.39, 0.29) is 17.1 Å². The van der Waals surface area contributed by atoms with Gasteiger partial charge in [-0.2, -0.15) is 0 Å². The van der Waals surface area contributed by atoms with Gasteiger partial charge in [0, 0.05) is 27.7 Å². The number of methoxy groups -OCH3 is 1. The van der Waals surface area contributed by atoms with Crippen LogP contribution in [0.15, 0.2) is 21.8 Å². The smallest absolute Gasteiger partial charge is 0.328 e. The zero-order chi connectivity index (χ0) is 15.8. The van der Waals surface area contributed by atoms with E-state index in [1.165, 1.54) is 22.3 Å². The second-order valence-electron chi connectivity index (χ2n) is 4.90. The maximum atomic E-state index is 12.3. The van der Waals surface area contributed by atoms with E-state index in [4.69, 9.17) is 4.74 Å². The van der Waals surface area contributed by atoms with Crippen LogP contribution in [0.2, 0.25) is 0 Å². The van der Waals surface area contributed by atoms with Crippen molar-refractivity contribution >= 4 is 21.1 Å². The molecule has 0 amide bonds. The van der Waals surface area contributed by atoms with Gasteiger partial charge in [0.25, 0.3) is 0 Å². The van der Waals surface area contributed by atoms with Crippen LogP contribution in [0.5, 0.6) is 0 Å². The first kappa shape index (κ1) is 15.7. The summed E-state index contributed by atoms with van der Waals surface area (Å²) in [5.74, 6) is 0. The number of hydrogen-bond acceptors (Lipinski definition) is 4. The third-order valence-corrected chi connectivity index (χ3v) is 5.06. The highest BCUT2D eigenvalue weighted by molar-refractivity contribution is 7.89. The van der Waals surface area contributed by atoms with Gasteiger partial charge in [-0.1, -0.05) is 0 Å². The van der Waals surface area contributed by atoms with Gasteiger partial charge in [-0.25, -0.2) is 17.9 Å². The number of sulfonamides is 1. The Hall–Kier alpha value is -1.64. The molecular weight excluding hydrogens is 294 g/mol. The molecule has 1 aromatic carbocycles. The number of nitrogens with one attached hydrogen (secondary N) is 1. The van der Waals surface area contributed by atoms with Crippen LogP contribution in [0.25, 0.3) is 11.0 Å². The molecule has 0 radical (unpaired) electrons. The Morgan fingerprint density at radius 1 is 1.19 bits per heavy atom. The Kier molecular flexibility index (Phi) is 4.22. The van der Waals surface area contributed by atoms with Crippen molar-refractivity contribution in [3.8, 4) is 0 Å². The largest absolute Gasteiger partial charge is 0.383 e. The van der Waals surface area contributed by atoms with Gasteiger partial charge in [0.05, 0.1) is 22.5 Å². The SMILES string of the molecule is COCCNS(=O)(=O)c1cc2c(cc1C)n(C)c(=O)n2C. The molecule has 0 saturated carbocycles. The maximum absolute atomic E-state index is 12.3. The first-order chi connectivity index (χ1) is 9.79. The van der Waals surface area contributed by atoms with E-state index in [1.807, 2.05) is 0 Å². The highest BCUT2D eigenvalue weighted by Crippen LogP contribution is 2.22. The van der Waals surface area contributed by atoms with Crippen LogP contribution in [0.1, 0.15) is 5.56 Å². The summed E-state index contributed by atoms with van der Waals surface area (Å²) in [7, 11) is 1.16. The van der Waals surface area contributed by atoms with Gasteiger partial charge in [0.15, 0.2) is 0 Å². The predicted octanol–water partition coefficient (Wildman–Crippen LogP) is 0.110. The fraction of sp³-hybridized carbons (Fsp3) is 0.462. The molecule has 1 N–H and O–H groups in total. The molecule has 2 aromatic rings. The van der Waals surface area contributed by atoms with Gasteiger partial charge in [-0.05, 0) is 24.6 Å². The molecular formula is C13H19N3O4S. The zero-order valence-electron chi connectivity index (χ0n) is 12.5. The van der Waals surface area contributed by atoms with E-state index in [0.29, 0.717) is 23.2 Å². The van der Waals surface area contributed by atoms with Gasteiger partial charge in [0.1, 0.15) is 0 Å². The van der Waals surface area contributed by atoms with Crippen LogP contribution in [-0.4, -0.2) is 37.8 Å². The van der Waals surface area contributed by atoms with Crippen molar-refractivity contribution in [3.63, 3.8) is 0 Å². The van der Waals surface area contributed by atoms with Crippen LogP contribution in [0.4, 0.5) is 0 Å². The topological polar surface area (TPSA) is 82.3 Å². The van der Waals surface area contributed by atoms with Gasteiger partial charge < -0.3 is 4.74 Å². The molecule has 0 aliphatic heterocycles. The molecule has 0 bridgehead atoms. The Bertz CT molecular complexity index is 833. The molecule has 1 heterocycles. The van der Waals surface area contributed by atoms with E-state index in [1.54, 1.807) is 27.1 Å². The van der Waals surface area contributed by atoms with Gasteiger partial charge >= 0.3 is 5.69 Å². The van der Waals surface area contributed by atoms with Crippen LogP contribution in [0.3, 0.4) is 0 Å². The van der Waals surface area contributed by atoms with Crippen molar-refractivity contribution in [1.29, 1.82) is 0 Å². The van der Waals surface area contributed by atoms with Crippen molar-refractivity contribution in [1.82, 2.24) is 13.9 Å². The van der Waals surface area contributed by atoms with Crippen molar-refractivity contribution in [3.05, 3.63) is 28.2 Å². The number of rotatable bonds is 5. The molecule has 0 fully saturated rings. The van der Waals surface area contributed by atoms with Crippen molar-refractivity contribution in [2.75, 3.05) is 20.3 Å². The fourth-order valence-electron chi connectivity index (χ4n) is 2.28. The van der Waals surface area contributed by atoms with Crippen LogP contribution in [0, 0.1) is 6.92 Å². The summed E-state index contributed by atoms with van der Waals surface area (Å²) in [4.78, 5) is 12.1. The normalized spacial score (nSPS) is 12.2. The van der Waals surface area contributed by atoms with E-state index < -0.39 is 10.0 Å². The van der Waals surface area contributed by atoms with Crippen LogP contribution >= 0.6 is 0 Å². The van der Waals surface area contributed by atoms with Gasteiger partial charge in [0.2, 0.25) is 10.0 Å². The van der Waals surface area contributed by atoms with E-state index >= 15 is 0 Å². The third kappa shape index (κ3) is 2.74. The average Bonchev–Trinajstić information content (AvgIpc) is 2.63. The fourth-order valence-corrected chi connectivity index (χ4v) is 3.53. The summed E-state index contributed by atoms with van der Waals surface area (Å²) in [6.45, 7) is 2.20. The van der Waals surface area contributed by atoms with Gasteiger partial charge in [-0.15, -0.1) is 0 Å². The minimum absolute atomic E-state index is 0.173. The maximum Gasteiger partial charge on any atom is 0.328 e. The lowest BCUT2D eigenvalue weighted by Crippen LogP contribution is -2.27. The zero-order valence-corrected chi connectivity index (χ0v) is 13.3. The quantitative estimate of drug-likeness (QED) is 0.794. The molecule has 116 valence electrons. The third-order valence-electron chi connectivity index (χ3n) is 3.46. The van der Waals surface area contributed by atoms with E-state index in [9.17, 15) is 13.2 Å². The Morgan fingerprint density at radius 2 is 1.76 bits per heavy atom. The number of nitrogens with zero attached hydrogens (tertiary/aromatic N) is 2. The molecule has 1 aromatic heterocycles. The van der Waals surface area contributed by atoms with Crippen LogP contribution in [-0.2, 0) is 28.9 Å². The number of benzene rings is 1. The molecule has 2 rings (SSSR count). The van der Waals surface area contributed by atoms with Crippen molar-refractivity contribution in [2.24, 2.45) is 14.1 Å². The molecule has 8 heteroatoms.